The van der Waals surface area contributed by atoms with Crippen molar-refractivity contribution < 1.29 is 33.2 Å². The van der Waals surface area contributed by atoms with Crippen LogP contribution in [0.15, 0.2) is 66.9 Å². The molecule has 332 valence electrons. The van der Waals surface area contributed by atoms with Crippen LogP contribution in [0.25, 0.3) is 0 Å². The molecule has 63 heavy (non-hydrogen) atoms. The second-order valence-corrected chi connectivity index (χ2v) is 20.3. The molecule has 18 heteroatoms. The van der Waals surface area contributed by atoms with Gasteiger partial charge in [-0.1, -0.05) is 29.8 Å². The Morgan fingerprint density at radius 1 is 0.921 bits per heavy atom. The van der Waals surface area contributed by atoms with E-state index < -0.39 is 19.1 Å². The molecular weight excluding hydrogens is 845 g/mol. The number of rotatable bonds is 14. The van der Waals surface area contributed by atoms with Crippen LogP contribution in [0, 0.1) is 0 Å². The number of fused-ring (bicyclic) bond motifs is 1. The monoisotopic (exact) mass is 897 g/mol. The number of halogens is 1. The molecule has 0 spiro atoms. The van der Waals surface area contributed by atoms with Crippen molar-refractivity contribution in [2.24, 2.45) is 0 Å². The van der Waals surface area contributed by atoms with Gasteiger partial charge in [0.15, 0.2) is 5.82 Å². The van der Waals surface area contributed by atoms with Gasteiger partial charge < -0.3 is 39.4 Å². The van der Waals surface area contributed by atoms with Crippen molar-refractivity contribution in [3.8, 4) is 11.5 Å². The molecule has 3 aromatic carbocycles. The van der Waals surface area contributed by atoms with E-state index >= 15 is 0 Å². The van der Waals surface area contributed by atoms with Gasteiger partial charge >= 0.3 is 0 Å². The van der Waals surface area contributed by atoms with Gasteiger partial charge in [0.2, 0.25) is 23.7 Å². The summed E-state index contributed by atoms with van der Waals surface area (Å²) in [6, 6.07) is 18.5. The number of nitrogens with one attached hydrogen (secondary N) is 3. The van der Waals surface area contributed by atoms with E-state index in [0.717, 1.165) is 50.3 Å². The maximum Gasteiger partial charge on any atom is 0.255 e. The van der Waals surface area contributed by atoms with E-state index in [2.05, 4.69) is 41.8 Å². The van der Waals surface area contributed by atoms with Crippen LogP contribution in [0.4, 0.5) is 28.8 Å². The molecule has 0 radical (unpaired) electrons. The van der Waals surface area contributed by atoms with Gasteiger partial charge in [0.05, 0.1) is 37.8 Å². The summed E-state index contributed by atoms with van der Waals surface area (Å²) in [6.07, 6.45) is 4.95. The average Bonchev–Trinajstić information content (AvgIpc) is 3.62. The SMILES string of the molecule is COc1cc(N2CCC(N3CCN(C(=O)CCCOc4cccc5c4CN(C4CCC(=O)NC4=O)C5=O)CC3)CC2)ccc1Nc1ncc(Cl)c(Nc2ccccc2P(C)(C)=O)n1. The molecule has 4 amide bonds. The summed E-state index contributed by atoms with van der Waals surface area (Å²) in [4.78, 5) is 67.8. The first-order valence-electron chi connectivity index (χ1n) is 21.4. The lowest BCUT2D eigenvalue weighted by molar-refractivity contribution is -0.137. The summed E-state index contributed by atoms with van der Waals surface area (Å²) in [5.74, 6) is 1.05. The number of amides is 4. The number of hydrogen-bond acceptors (Lipinski definition) is 13. The number of nitrogens with zero attached hydrogens (tertiary/aromatic N) is 6. The van der Waals surface area contributed by atoms with Gasteiger partial charge in [-0.3, -0.25) is 29.4 Å². The molecule has 3 N–H and O–H groups in total. The molecule has 0 saturated carbocycles. The van der Waals surface area contributed by atoms with Crippen LogP contribution >= 0.6 is 18.7 Å². The molecule has 3 fully saturated rings. The Hall–Kier alpha value is -5.70. The third kappa shape index (κ3) is 9.93. The molecule has 8 rings (SSSR count). The lowest BCUT2D eigenvalue weighted by Crippen LogP contribution is -2.54. The predicted molar refractivity (Wildman–Crippen MR) is 243 cm³/mol. The fraction of sp³-hybridized carbons (Fsp3) is 0.422. The van der Waals surface area contributed by atoms with Crippen LogP contribution in [0.2, 0.25) is 5.02 Å². The van der Waals surface area contributed by atoms with E-state index in [9.17, 15) is 23.7 Å². The first-order valence-corrected chi connectivity index (χ1v) is 24.4. The maximum atomic E-state index is 13.2. The minimum Gasteiger partial charge on any atom is -0.494 e. The number of hydrogen-bond donors (Lipinski definition) is 3. The first kappa shape index (κ1) is 43.9. The number of carbonyl (C=O) groups is 4. The molecule has 1 atom stereocenters. The van der Waals surface area contributed by atoms with Gasteiger partial charge in [-0.25, -0.2) is 4.98 Å². The summed E-state index contributed by atoms with van der Waals surface area (Å²) < 4.78 is 24.8. The Bertz CT molecular complexity index is 2430. The average molecular weight is 898 g/mol. The molecule has 5 heterocycles. The van der Waals surface area contributed by atoms with Crippen molar-refractivity contribution in [1.29, 1.82) is 0 Å². The lowest BCUT2D eigenvalue weighted by Gasteiger charge is -2.43. The number of methoxy groups -OCH3 is 1. The number of piperidine rings is 2. The summed E-state index contributed by atoms with van der Waals surface area (Å²) in [5, 5.41) is 9.88. The summed E-state index contributed by atoms with van der Waals surface area (Å²) in [6.45, 7) is 8.87. The third-order valence-corrected chi connectivity index (χ3v) is 14.1. The van der Waals surface area contributed by atoms with Gasteiger partial charge in [0, 0.05) is 86.3 Å². The summed E-state index contributed by atoms with van der Waals surface area (Å²) in [7, 11) is -0.925. The van der Waals surface area contributed by atoms with E-state index in [-0.39, 0.29) is 30.7 Å². The van der Waals surface area contributed by atoms with Crippen molar-refractivity contribution in [3.05, 3.63) is 83.0 Å². The van der Waals surface area contributed by atoms with E-state index in [1.807, 2.05) is 47.4 Å². The fourth-order valence-corrected chi connectivity index (χ4v) is 10.2. The van der Waals surface area contributed by atoms with Crippen molar-refractivity contribution in [2.45, 2.75) is 57.2 Å². The topological polar surface area (TPSA) is 179 Å². The Labute approximate surface area is 372 Å². The van der Waals surface area contributed by atoms with E-state index in [1.54, 1.807) is 32.6 Å². The predicted octanol–water partition coefficient (Wildman–Crippen LogP) is 5.61. The molecular formula is C45H53ClN9O7P. The zero-order valence-corrected chi connectivity index (χ0v) is 37.4. The Kier molecular flexibility index (Phi) is 13.2. The van der Waals surface area contributed by atoms with Crippen LogP contribution in [-0.4, -0.2) is 127 Å². The maximum absolute atomic E-state index is 13.2. The zero-order valence-electron chi connectivity index (χ0n) is 35.8. The molecule has 4 aliphatic heterocycles. The first-order chi connectivity index (χ1) is 30.4. The number of benzene rings is 3. The standard InChI is InChI=1S/C45H53ClN9O7P/c1-61-38-26-30(13-14-34(38)49-45-47-27-33(46)42(51-45)48-35-9-4-5-11-39(35)63(2,3)60)52-19-17-29(18-20-52)53-21-23-54(24-22-53)41(57)12-7-25-62-37-10-6-8-31-32(37)28-55(44(31)59)36-15-16-40(56)50-43(36)58/h4-6,8-11,13-14,26-27,29,36H,7,12,15-25,28H2,1-3H3,(H,50,56,58)(H2,47,48,49,51). The molecule has 0 aliphatic carbocycles. The van der Waals surface area contributed by atoms with E-state index in [1.165, 1.54) is 11.1 Å². The fourth-order valence-electron chi connectivity index (χ4n) is 8.87. The second kappa shape index (κ2) is 19.0. The van der Waals surface area contributed by atoms with Crippen LogP contribution in [0.3, 0.4) is 0 Å². The lowest BCUT2D eigenvalue weighted by atomic mass is 10.0. The summed E-state index contributed by atoms with van der Waals surface area (Å²) >= 11 is 6.48. The number of carbonyl (C=O) groups excluding carboxylic acids is 4. The highest BCUT2D eigenvalue weighted by Crippen LogP contribution is 2.39. The van der Waals surface area contributed by atoms with Gasteiger partial charge in [-0.15, -0.1) is 0 Å². The van der Waals surface area contributed by atoms with Gasteiger partial charge in [0.25, 0.3) is 5.91 Å². The Balaban J connectivity index is 0.776. The number of piperazine rings is 1. The van der Waals surface area contributed by atoms with Crippen LogP contribution in [0.1, 0.15) is 54.4 Å². The normalized spacial score (nSPS) is 18.6. The highest BCUT2D eigenvalue weighted by atomic mass is 35.5. The molecule has 0 bridgehead atoms. The minimum absolute atomic E-state index is 0.115. The number of para-hydroxylation sites is 1. The zero-order chi connectivity index (χ0) is 44.3. The smallest absolute Gasteiger partial charge is 0.255 e. The summed E-state index contributed by atoms with van der Waals surface area (Å²) in [5.41, 5.74) is 3.67. The molecule has 1 unspecified atom stereocenters. The number of anilines is 5. The highest BCUT2D eigenvalue weighted by molar-refractivity contribution is 7.70. The van der Waals surface area contributed by atoms with Crippen LogP contribution in [-0.2, 0) is 25.5 Å². The highest BCUT2D eigenvalue weighted by Gasteiger charge is 2.40. The Morgan fingerprint density at radius 3 is 2.44 bits per heavy atom. The van der Waals surface area contributed by atoms with Crippen LogP contribution < -0.4 is 35.6 Å². The number of aromatic nitrogens is 2. The van der Waals surface area contributed by atoms with E-state index in [0.29, 0.717) is 95.5 Å². The number of imide groups is 1. The van der Waals surface area contributed by atoms with Crippen molar-refractivity contribution >= 4 is 76.5 Å². The van der Waals surface area contributed by atoms with Gasteiger partial charge in [0.1, 0.15) is 29.7 Å². The van der Waals surface area contributed by atoms with E-state index in [4.69, 9.17) is 21.1 Å². The van der Waals surface area contributed by atoms with Crippen molar-refractivity contribution in [2.75, 3.05) is 81.8 Å². The third-order valence-electron chi connectivity index (χ3n) is 12.3. The molecule has 4 aromatic rings. The van der Waals surface area contributed by atoms with Crippen LogP contribution in [0.5, 0.6) is 11.5 Å². The van der Waals surface area contributed by atoms with Gasteiger partial charge in [-0.05, 0) is 75.4 Å². The quantitative estimate of drug-likeness (QED) is 0.0810. The molecule has 16 nitrogen and oxygen atoms in total. The Morgan fingerprint density at radius 2 is 1.70 bits per heavy atom. The second-order valence-electron chi connectivity index (χ2n) is 16.7. The van der Waals surface area contributed by atoms with Crippen molar-refractivity contribution in [1.82, 2.24) is 30.0 Å². The molecule has 4 aliphatic rings. The largest absolute Gasteiger partial charge is 0.494 e. The van der Waals surface area contributed by atoms with Crippen molar-refractivity contribution in [3.63, 3.8) is 0 Å². The minimum atomic E-state index is -2.56. The van der Waals surface area contributed by atoms with Gasteiger partial charge in [-0.2, -0.15) is 4.98 Å². The molecule has 3 saturated heterocycles. The molecule has 1 aromatic heterocycles. The number of ether oxygens (including phenoxy) is 2.